The number of rotatable bonds is 5. The van der Waals surface area contributed by atoms with Crippen LogP contribution in [0.2, 0.25) is 0 Å². The molecule has 0 aliphatic heterocycles. The Morgan fingerprint density at radius 3 is 3.06 bits per heavy atom. The normalized spacial score (nSPS) is 10.6. The van der Waals surface area contributed by atoms with E-state index in [0.29, 0.717) is 0 Å². The zero-order valence-electron chi connectivity index (χ0n) is 9.44. The van der Waals surface area contributed by atoms with Crippen molar-refractivity contribution in [2.24, 2.45) is 0 Å². The number of pyridine rings is 1. The molecule has 0 atom stereocenters. The lowest BCUT2D eigenvalue weighted by Crippen LogP contribution is -2.16. The highest BCUT2D eigenvalue weighted by molar-refractivity contribution is 7.09. The maximum absolute atomic E-state index is 4.10. The predicted octanol–water partition coefficient (Wildman–Crippen LogP) is 2.78. The molecule has 0 saturated carbocycles. The van der Waals surface area contributed by atoms with Crippen LogP contribution in [0.3, 0.4) is 0 Å². The van der Waals surface area contributed by atoms with Gasteiger partial charge in [-0.2, -0.15) is 0 Å². The zero-order chi connectivity index (χ0) is 11.2. The molecule has 0 unspecified atom stereocenters. The Balaban J connectivity index is 1.74. The molecule has 2 heterocycles. The van der Waals surface area contributed by atoms with Crippen molar-refractivity contribution in [3.8, 4) is 0 Å². The van der Waals surface area contributed by atoms with Crippen LogP contribution in [0.4, 0.5) is 0 Å². The van der Waals surface area contributed by atoms with E-state index in [1.54, 1.807) is 11.3 Å². The van der Waals surface area contributed by atoms with Crippen LogP contribution in [-0.2, 0) is 13.0 Å². The summed E-state index contributed by atoms with van der Waals surface area (Å²) in [4.78, 5) is 5.49. The van der Waals surface area contributed by atoms with Crippen LogP contribution in [-0.4, -0.2) is 11.5 Å². The predicted molar refractivity (Wildman–Crippen MR) is 68.7 cm³/mol. The quantitative estimate of drug-likeness (QED) is 0.802. The van der Waals surface area contributed by atoms with Gasteiger partial charge in [-0.05, 0) is 48.5 Å². The van der Waals surface area contributed by atoms with Gasteiger partial charge >= 0.3 is 0 Å². The number of aryl methyl sites for hydroxylation is 1. The van der Waals surface area contributed by atoms with Gasteiger partial charge < -0.3 is 5.32 Å². The molecular formula is C13H16N2S. The molecule has 0 amide bonds. The van der Waals surface area contributed by atoms with Crippen LogP contribution in [0.15, 0.2) is 36.0 Å². The fourth-order valence-corrected chi connectivity index (χ4v) is 2.30. The molecule has 3 heteroatoms. The first kappa shape index (κ1) is 11.3. The van der Waals surface area contributed by atoms with Gasteiger partial charge in [-0.25, -0.2) is 0 Å². The molecule has 0 fully saturated rings. The summed E-state index contributed by atoms with van der Waals surface area (Å²) in [7, 11) is 0. The third-order valence-corrected chi connectivity index (χ3v) is 3.46. The minimum Gasteiger partial charge on any atom is -0.312 e. The number of hydrogen-bond acceptors (Lipinski definition) is 3. The average Bonchev–Trinajstić information content (AvgIpc) is 2.79. The minimum absolute atomic E-state index is 0.974. The van der Waals surface area contributed by atoms with E-state index >= 15 is 0 Å². The van der Waals surface area contributed by atoms with E-state index in [0.717, 1.165) is 19.5 Å². The molecule has 16 heavy (non-hydrogen) atoms. The molecule has 2 aromatic heterocycles. The standard InChI is InChI=1S/C13H16N2S/c1-11-9-14-6-4-12(11)5-7-15-10-13-3-2-8-16-13/h2-4,6,8-9,15H,5,7,10H2,1H3. The first-order valence-corrected chi connectivity index (χ1v) is 6.37. The SMILES string of the molecule is Cc1cnccc1CCNCc1cccs1. The summed E-state index contributed by atoms with van der Waals surface area (Å²) in [5.41, 5.74) is 2.66. The van der Waals surface area contributed by atoms with Crippen molar-refractivity contribution in [1.29, 1.82) is 0 Å². The molecular weight excluding hydrogens is 216 g/mol. The lowest BCUT2D eigenvalue weighted by atomic mass is 10.1. The Bertz CT molecular complexity index is 423. The van der Waals surface area contributed by atoms with Crippen LogP contribution in [0.5, 0.6) is 0 Å². The van der Waals surface area contributed by atoms with Gasteiger partial charge in [0.05, 0.1) is 0 Å². The first-order valence-electron chi connectivity index (χ1n) is 5.49. The molecule has 0 saturated heterocycles. The van der Waals surface area contributed by atoms with Gasteiger partial charge in [0, 0.05) is 23.8 Å². The summed E-state index contributed by atoms with van der Waals surface area (Å²) in [6, 6.07) is 6.35. The van der Waals surface area contributed by atoms with Crippen molar-refractivity contribution in [2.45, 2.75) is 19.9 Å². The second-order valence-corrected chi connectivity index (χ2v) is 4.84. The summed E-state index contributed by atoms with van der Waals surface area (Å²) < 4.78 is 0. The third kappa shape index (κ3) is 3.15. The Labute approximate surface area is 100 Å². The Hall–Kier alpha value is -1.19. The zero-order valence-corrected chi connectivity index (χ0v) is 10.3. The van der Waals surface area contributed by atoms with E-state index in [2.05, 4.69) is 40.8 Å². The largest absolute Gasteiger partial charge is 0.312 e. The van der Waals surface area contributed by atoms with Gasteiger partial charge in [-0.3, -0.25) is 4.98 Å². The first-order chi connectivity index (χ1) is 7.86. The molecule has 0 bridgehead atoms. The molecule has 0 spiro atoms. The molecule has 84 valence electrons. The lowest BCUT2D eigenvalue weighted by Gasteiger charge is -2.05. The number of nitrogens with zero attached hydrogens (tertiary/aromatic N) is 1. The van der Waals surface area contributed by atoms with E-state index in [9.17, 15) is 0 Å². The molecule has 0 aliphatic rings. The molecule has 2 rings (SSSR count). The summed E-state index contributed by atoms with van der Waals surface area (Å²) in [5.74, 6) is 0. The summed E-state index contributed by atoms with van der Waals surface area (Å²) in [6.45, 7) is 4.10. The van der Waals surface area contributed by atoms with Crippen molar-refractivity contribution in [3.63, 3.8) is 0 Å². The summed E-state index contributed by atoms with van der Waals surface area (Å²) in [6.07, 6.45) is 4.86. The number of thiophene rings is 1. The molecule has 0 aromatic carbocycles. The highest BCUT2D eigenvalue weighted by atomic mass is 32.1. The smallest absolute Gasteiger partial charge is 0.0299 e. The average molecular weight is 232 g/mol. The molecule has 1 N–H and O–H groups in total. The number of aromatic nitrogens is 1. The van der Waals surface area contributed by atoms with Gasteiger partial charge in [-0.15, -0.1) is 11.3 Å². The number of hydrogen-bond donors (Lipinski definition) is 1. The van der Waals surface area contributed by atoms with Gasteiger partial charge in [0.1, 0.15) is 0 Å². The number of nitrogens with one attached hydrogen (secondary N) is 1. The van der Waals surface area contributed by atoms with Crippen LogP contribution in [0.25, 0.3) is 0 Å². The van der Waals surface area contributed by atoms with Crippen LogP contribution >= 0.6 is 11.3 Å². The van der Waals surface area contributed by atoms with Gasteiger partial charge in [0.25, 0.3) is 0 Å². The fraction of sp³-hybridized carbons (Fsp3) is 0.308. The van der Waals surface area contributed by atoms with E-state index in [-0.39, 0.29) is 0 Å². The van der Waals surface area contributed by atoms with Gasteiger partial charge in [0.2, 0.25) is 0 Å². The van der Waals surface area contributed by atoms with Crippen molar-refractivity contribution in [1.82, 2.24) is 10.3 Å². The van der Waals surface area contributed by atoms with E-state index < -0.39 is 0 Å². The van der Waals surface area contributed by atoms with E-state index in [1.165, 1.54) is 16.0 Å². The minimum atomic E-state index is 0.974. The van der Waals surface area contributed by atoms with Gasteiger partial charge in [0.15, 0.2) is 0 Å². The molecule has 2 nitrogen and oxygen atoms in total. The van der Waals surface area contributed by atoms with Crippen molar-refractivity contribution in [3.05, 3.63) is 52.0 Å². The molecule has 0 aliphatic carbocycles. The second-order valence-electron chi connectivity index (χ2n) is 3.81. The van der Waals surface area contributed by atoms with Crippen molar-refractivity contribution < 1.29 is 0 Å². The highest BCUT2D eigenvalue weighted by Gasteiger charge is 1.97. The third-order valence-electron chi connectivity index (χ3n) is 2.59. The van der Waals surface area contributed by atoms with Crippen LogP contribution in [0, 0.1) is 6.92 Å². The molecule has 0 radical (unpaired) electrons. The van der Waals surface area contributed by atoms with E-state index in [4.69, 9.17) is 0 Å². The van der Waals surface area contributed by atoms with Crippen molar-refractivity contribution in [2.75, 3.05) is 6.54 Å². The lowest BCUT2D eigenvalue weighted by molar-refractivity contribution is 0.691. The van der Waals surface area contributed by atoms with Gasteiger partial charge in [-0.1, -0.05) is 6.07 Å². The van der Waals surface area contributed by atoms with Crippen LogP contribution in [0.1, 0.15) is 16.0 Å². The summed E-state index contributed by atoms with van der Waals surface area (Å²) >= 11 is 1.80. The molecule has 2 aromatic rings. The summed E-state index contributed by atoms with van der Waals surface area (Å²) in [5, 5.41) is 5.57. The monoisotopic (exact) mass is 232 g/mol. The maximum Gasteiger partial charge on any atom is 0.0299 e. The van der Waals surface area contributed by atoms with Crippen molar-refractivity contribution >= 4 is 11.3 Å². The van der Waals surface area contributed by atoms with E-state index in [1.807, 2.05) is 12.4 Å². The Morgan fingerprint density at radius 1 is 1.38 bits per heavy atom. The topological polar surface area (TPSA) is 24.9 Å². The Kier molecular flexibility index (Phi) is 4.08. The Morgan fingerprint density at radius 2 is 2.31 bits per heavy atom. The highest BCUT2D eigenvalue weighted by Crippen LogP contribution is 2.08. The van der Waals surface area contributed by atoms with Crippen LogP contribution < -0.4 is 5.32 Å². The second kappa shape index (κ2) is 5.77. The fourth-order valence-electron chi connectivity index (χ4n) is 1.63. The maximum atomic E-state index is 4.10.